The third-order valence-electron chi connectivity index (χ3n) is 2.94. The number of pyridine rings is 1. The summed E-state index contributed by atoms with van der Waals surface area (Å²) in [6, 6.07) is 4.25. The summed E-state index contributed by atoms with van der Waals surface area (Å²) < 4.78 is 5.89. The Morgan fingerprint density at radius 3 is 2.86 bits per heavy atom. The first-order chi connectivity index (χ1) is 9.93. The highest BCUT2D eigenvalue weighted by molar-refractivity contribution is 7.14. The first-order valence-electron chi connectivity index (χ1n) is 5.95. The zero-order chi connectivity index (χ0) is 15.6. The number of rotatable bonds is 4. The number of carbonyl (C=O) groups is 1. The van der Waals surface area contributed by atoms with Gasteiger partial charge in [0.1, 0.15) is 4.88 Å². The van der Waals surface area contributed by atoms with Crippen LogP contribution in [0.2, 0.25) is 0 Å². The Balaban J connectivity index is 2.37. The van der Waals surface area contributed by atoms with E-state index in [0.717, 1.165) is 10.4 Å². The second-order valence-corrected chi connectivity index (χ2v) is 5.52. The average Bonchev–Trinajstić information content (AvgIpc) is 2.81. The molecule has 0 radical (unpaired) electrons. The van der Waals surface area contributed by atoms with Crippen molar-refractivity contribution >= 4 is 23.0 Å². The van der Waals surface area contributed by atoms with Gasteiger partial charge >= 0.3 is 17.2 Å². The standard InChI is InChI=1S/C13H12N2O5S/c1-8-9(6-11(21-8)13(17)20-2)7-14-5-3-4-10(12(14)16)15(18)19/h3-6H,7H2,1-2H3. The SMILES string of the molecule is COC(=O)c1cc(Cn2cccc([N+](=O)[O-])c2=O)c(C)s1. The molecule has 0 aliphatic heterocycles. The van der Waals surface area contributed by atoms with Gasteiger partial charge in [0.05, 0.1) is 18.6 Å². The Bertz CT molecular complexity index is 762. The molecule has 8 heteroatoms. The van der Waals surface area contributed by atoms with Crippen LogP contribution in [0.3, 0.4) is 0 Å². The van der Waals surface area contributed by atoms with Crippen molar-refractivity contribution in [2.24, 2.45) is 0 Å². The average molecular weight is 308 g/mol. The summed E-state index contributed by atoms with van der Waals surface area (Å²) in [6.07, 6.45) is 1.48. The number of esters is 1. The lowest BCUT2D eigenvalue weighted by Crippen LogP contribution is -2.22. The zero-order valence-electron chi connectivity index (χ0n) is 11.4. The number of methoxy groups -OCH3 is 1. The second kappa shape index (κ2) is 5.88. The molecule has 0 unspecified atom stereocenters. The molecule has 2 aromatic heterocycles. The normalized spacial score (nSPS) is 10.4. The molecule has 2 rings (SSSR count). The maximum absolute atomic E-state index is 12.0. The van der Waals surface area contributed by atoms with Gasteiger partial charge in [0, 0.05) is 17.1 Å². The summed E-state index contributed by atoms with van der Waals surface area (Å²) in [4.78, 5) is 34.8. The minimum atomic E-state index is -0.709. The van der Waals surface area contributed by atoms with Gasteiger partial charge in [-0.2, -0.15) is 0 Å². The van der Waals surface area contributed by atoms with Gasteiger partial charge in [-0.15, -0.1) is 11.3 Å². The largest absolute Gasteiger partial charge is 0.465 e. The smallest absolute Gasteiger partial charge is 0.348 e. The van der Waals surface area contributed by atoms with Crippen molar-refractivity contribution in [3.63, 3.8) is 0 Å². The number of ether oxygens (including phenoxy) is 1. The molecule has 0 N–H and O–H groups in total. The molecule has 0 amide bonds. The molecule has 0 spiro atoms. The maximum atomic E-state index is 12.0. The molecule has 0 bridgehead atoms. The zero-order valence-corrected chi connectivity index (χ0v) is 12.2. The summed E-state index contributed by atoms with van der Waals surface area (Å²) in [6.45, 7) is 1.98. The molecule has 0 aromatic carbocycles. The van der Waals surface area contributed by atoms with Crippen molar-refractivity contribution in [1.29, 1.82) is 0 Å². The fourth-order valence-corrected chi connectivity index (χ4v) is 2.80. The Morgan fingerprint density at radius 2 is 2.24 bits per heavy atom. The van der Waals surface area contributed by atoms with Crippen LogP contribution in [-0.4, -0.2) is 22.6 Å². The molecule has 7 nitrogen and oxygen atoms in total. The van der Waals surface area contributed by atoms with Crippen LogP contribution < -0.4 is 5.56 Å². The van der Waals surface area contributed by atoms with Crippen molar-refractivity contribution in [3.05, 3.63) is 60.2 Å². The number of aromatic nitrogens is 1. The molecule has 0 atom stereocenters. The van der Waals surface area contributed by atoms with E-state index in [9.17, 15) is 19.7 Å². The molecule has 2 aromatic rings. The van der Waals surface area contributed by atoms with E-state index in [-0.39, 0.29) is 6.54 Å². The van der Waals surface area contributed by atoms with Gasteiger partial charge < -0.3 is 9.30 Å². The first kappa shape index (κ1) is 14.9. The minimum Gasteiger partial charge on any atom is -0.465 e. The Morgan fingerprint density at radius 1 is 1.52 bits per heavy atom. The van der Waals surface area contributed by atoms with Crippen LogP contribution in [0, 0.1) is 17.0 Å². The Kier molecular flexibility index (Phi) is 4.18. The van der Waals surface area contributed by atoms with Crippen molar-refractivity contribution in [2.75, 3.05) is 7.11 Å². The van der Waals surface area contributed by atoms with Crippen LogP contribution in [0.25, 0.3) is 0 Å². The van der Waals surface area contributed by atoms with Gasteiger partial charge in [0.15, 0.2) is 0 Å². The highest BCUT2D eigenvalue weighted by Gasteiger charge is 2.16. The highest BCUT2D eigenvalue weighted by Crippen LogP contribution is 2.23. The number of thiophene rings is 1. The van der Waals surface area contributed by atoms with Crippen LogP contribution in [0.5, 0.6) is 0 Å². The lowest BCUT2D eigenvalue weighted by molar-refractivity contribution is -0.386. The van der Waals surface area contributed by atoms with Gasteiger partial charge in [-0.25, -0.2) is 4.79 Å². The van der Waals surface area contributed by atoms with E-state index >= 15 is 0 Å². The number of hydrogen-bond donors (Lipinski definition) is 0. The molecule has 0 aliphatic carbocycles. The summed E-state index contributed by atoms with van der Waals surface area (Å²) in [5.74, 6) is -0.444. The highest BCUT2D eigenvalue weighted by atomic mass is 32.1. The van der Waals surface area contributed by atoms with Gasteiger partial charge in [-0.05, 0) is 24.6 Å². The summed E-state index contributed by atoms with van der Waals surface area (Å²) in [7, 11) is 1.29. The first-order valence-corrected chi connectivity index (χ1v) is 6.77. The summed E-state index contributed by atoms with van der Waals surface area (Å²) in [5, 5.41) is 10.8. The number of aryl methyl sites for hydroxylation is 1. The van der Waals surface area contributed by atoms with Crippen molar-refractivity contribution < 1.29 is 14.5 Å². The minimum absolute atomic E-state index is 0.167. The van der Waals surface area contributed by atoms with Crippen LogP contribution in [0.15, 0.2) is 29.2 Å². The predicted molar refractivity (Wildman–Crippen MR) is 76.9 cm³/mol. The molecular weight excluding hydrogens is 296 g/mol. The molecule has 21 heavy (non-hydrogen) atoms. The maximum Gasteiger partial charge on any atom is 0.348 e. The van der Waals surface area contributed by atoms with E-state index in [4.69, 9.17) is 0 Å². The van der Waals surface area contributed by atoms with E-state index < -0.39 is 22.1 Å². The number of hydrogen-bond acceptors (Lipinski definition) is 6. The Hall–Kier alpha value is -2.48. The monoisotopic (exact) mass is 308 g/mol. The molecule has 0 fully saturated rings. The molecular formula is C13H12N2O5S. The fraction of sp³-hybridized carbons (Fsp3) is 0.231. The lowest BCUT2D eigenvalue weighted by atomic mass is 10.2. The van der Waals surface area contributed by atoms with E-state index in [1.165, 1.54) is 41.3 Å². The van der Waals surface area contributed by atoms with Crippen molar-refractivity contribution in [1.82, 2.24) is 4.57 Å². The fourth-order valence-electron chi connectivity index (χ4n) is 1.85. The number of nitrogens with zero attached hydrogens (tertiary/aromatic N) is 2. The molecule has 0 aliphatic rings. The number of nitro groups is 1. The van der Waals surface area contributed by atoms with Crippen molar-refractivity contribution in [3.8, 4) is 0 Å². The van der Waals surface area contributed by atoms with Crippen molar-refractivity contribution in [2.45, 2.75) is 13.5 Å². The Labute approximate surface area is 123 Å². The second-order valence-electron chi connectivity index (χ2n) is 4.27. The van der Waals surface area contributed by atoms with E-state index in [1.807, 2.05) is 6.92 Å². The summed E-state index contributed by atoms with van der Waals surface area (Å²) >= 11 is 1.26. The molecule has 2 heterocycles. The van der Waals surface area contributed by atoms with E-state index in [1.54, 1.807) is 6.07 Å². The van der Waals surface area contributed by atoms with E-state index in [0.29, 0.717) is 4.88 Å². The van der Waals surface area contributed by atoms with Crippen LogP contribution >= 0.6 is 11.3 Å². The quantitative estimate of drug-likeness (QED) is 0.489. The van der Waals surface area contributed by atoms with E-state index in [2.05, 4.69) is 4.74 Å². The topological polar surface area (TPSA) is 91.4 Å². The number of carbonyl (C=O) groups excluding carboxylic acids is 1. The van der Waals surface area contributed by atoms with Gasteiger partial charge in [0.25, 0.3) is 0 Å². The lowest BCUT2D eigenvalue weighted by Gasteiger charge is -2.04. The van der Waals surface area contributed by atoms with Gasteiger partial charge in [-0.3, -0.25) is 14.9 Å². The van der Waals surface area contributed by atoms with Gasteiger partial charge in [-0.1, -0.05) is 0 Å². The van der Waals surface area contributed by atoms with Gasteiger partial charge in [0.2, 0.25) is 0 Å². The predicted octanol–water partition coefficient (Wildman–Crippen LogP) is 1.96. The molecule has 0 saturated heterocycles. The van der Waals surface area contributed by atoms with Crippen LogP contribution in [0.4, 0.5) is 5.69 Å². The summed E-state index contributed by atoms with van der Waals surface area (Å²) in [5.41, 5.74) is -0.394. The van der Waals surface area contributed by atoms with Crippen LogP contribution in [0.1, 0.15) is 20.1 Å². The third-order valence-corrected chi connectivity index (χ3v) is 4.02. The third kappa shape index (κ3) is 3.00. The molecule has 110 valence electrons. The molecule has 0 saturated carbocycles. The van der Waals surface area contributed by atoms with Crippen LogP contribution in [-0.2, 0) is 11.3 Å².